The van der Waals surface area contributed by atoms with Gasteiger partial charge in [0, 0.05) is 18.2 Å². The van der Waals surface area contributed by atoms with Crippen LogP contribution >= 0.6 is 0 Å². The normalized spacial score (nSPS) is 11.2. The number of nitrogens with one attached hydrogen (secondary N) is 1. The fourth-order valence-electron chi connectivity index (χ4n) is 4.55. The Morgan fingerprint density at radius 2 is 1.79 bits per heavy atom. The maximum absolute atomic E-state index is 12.6. The highest BCUT2D eigenvalue weighted by atomic mass is 16.5. The number of benzene rings is 2. The van der Waals surface area contributed by atoms with E-state index in [0.29, 0.717) is 31.0 Å². The summed E-state index contributed by atoms with van der Waals surface area (Å²) in [5, 5.41) is 12.5. The van der Waals surface area contributed by atoms with Crippen molar-refractivity contribution in [3.63, 3.8) is 0 Å². The molecule has 0 unspecified atom stereocenters. The van der Waals surface area contributed by atoms with Crippen molar-refractivity contribution in [3.8, 4) is 24.0 Å². The molecule has 42 heavy (non-hydrogen) atoms. The quantitative estimate of drug-likeness (QED) is 0.140. The van der Waals surface area contributed by atoms with E-state index in [9.17, 15) is 14.7 Å². The first-order valence-corrected chi connectivity index (χ1v) is 14.4. The largest absolute Gasteiger partial charge is 0.481 e. The zero-order valence-electron chi connectivity index (χ0n) is 24.7. The summed E-state index contributed by atoms with van der Waals surface area (Å²) in [5.41, 5.74) is 3.49. The molecule has 7 nitrogen and oxygen atoms in total. The van der Waals surface area contributed by atoms with Crippen molar-refractivity contribution < 1.29 is 24.2 Å². The predicted molar refractivity (Wildman–Crippen MR) is 167 cm³/mol. The van der Waals surface area contributed by atoms with Crippen LogP contribution < -0.4 is 14.8 Å². The summed E-state index contributed by atoms with van der Waals surface area (Å²) in [4.78, 5) is 29.1. The molecule has 3 aromatic rings. The Bertz CT molecular complexity index is 1400. The minimum Gasteiger partial charge on any atom is -0.481 e. The number of terminal acetylenes is 1. The first-order chi connectivity index (χ1) is 20.3. The van der Waals surface area contributed by atoms with Gasteiger partial charge in [0.15, 0.2) is 0 Å². The number of hydrogen-bond acceptors (Lipinski definition) is 5. The van der Waals surface area contributed by atoms with E-state index >= 15 is 0 Å². The Balaban J connectivity index is 1.52. The number of carbonyl (C=O) groups excluding carboxylic acids is 1. The monoisotopic (exact) mass is 568 g/mol. The molecule has 1 aromatic heterocycles. The number of aromatic nitrogens is 1. The van der Waals surface area contributed by atoms with Gasteiger partial charge in [0.25, 0.3) is 0 Å². The molecule has 1 amide bonds. The van der Waals surface area contributed by atoms with Crippen LogP contribution in [-0.2, 0) is 16.0 Å². The van der Waals surface area contributed by atoms with Crippen LogP contribution in [0, 0.1) is 24.7 Å². The minimum atomic E-state index is -1.05. The van der Waals surface area contributed by atoms with Gasteiger partial charge in [-0.25, -0.2) is 4.98 Å². The number of nitrogens with zero attached hydrogens (tertiary/aromatic N) is 1. The molecule has 1 heterocycles. The Morgan fingerprint density at radius 3 is 2.48 bits per heavy atom. The third kappa shape index (κ3) is 9.52. The third-order valence-corrected chi connectivity index (χ3v) is 7.38. The Kier molecular flexibility index (Phi) is 12.2. The van der Waals surface area contributed by atoms with Crippen molar-refractivity contribution in [3.05, 3.63) is 83.0 Å². The molecule has 0 atom stereocenters. The lowest BCUT2D eigenvalue weighted by Crippen LogP contribution is -2.34. The highest BCUT2D eigenvalue weighted by Gasteiger charge is 2.37. The molecule has 2 N–H and O–H groups in total. The average Bonchev–Trinajstić information content (AvgIpc) is 2.99. The standard InChI is InChI=1S/C35H40N2O5/c1-5-22-41-30-18-15-27(16-19-30)11-8-9-23-42-33-21-14-26(4)31(37-33)20-17-28-12-10-13-29(24-28)36-32(38)25-35(6-2,7-3)34(39)40/h1,10,12-21,24H,6-9,11,22-23,25H2,2-4H3,(H,36,38)(H,39,40). The van der Waals surface area contributed by atoms with Crippen LogP contribution in [0.2, 0.25) is 0 Å². The maximum Gasteiger partial charge on any atom is 0.310 e. The van der Waals surface area contributed by atoms with Gasteiger partial charge in [-0.3, -0.25) is 9.59 Å². The van der Waals surface area contributed by atoms with Crippen LogP contribution in [0.5, 0.6) is 11.6 Å². The Morgan fingerprint density at radius 1 is 1.02 bits per heavy atom. The SMILES string of the molecule is C#CCOc1ccc(CCCCOc2ccc(C)c(C=Cc3cccc(NC(=O)CC(CC)(CC)C(=O)O)c3)n2)cc1. The van der Waals surface area contributed by atoms with Crippen LogP contribution in [-0.4, -0.2) is 35.2 Å². The lowest BCUT2D eigenvalue weighted by molar-refractivity contribution is -0.151. The van der Waals surface area contributed by atoms with Crippen molar-refractivity contribution in [2.24, 2.45) is 5.41 Å². The molecule has 0 spiro atoms. The number of amides is 1. The van der Waals surface area contributed by atoms with E-state index in [1.54, 1.807) is 19.9 Å². The van der Waals surface area contributed by atoms with E-state index in [2.05, 4.69) is 28.4 Å². The number of carboxylic acids is 1. The zero-order valence-corrected chi connectivity index (χ0v) is 24.7. The number of carbonyl (C=O) groups is 2. The van der Waals surface area contributed by atoms with Gasteiger partial charge in [-0.15, -0.1) is 6.42 Å². The molecule has 0 fully saturated rings. The number of aryl methyl sites for hydroxylation is 2. The van der Waals surface area contributed by atoms with Crippen LogP contribution in [0.1, 0.15) is 68.3 Å². The van der Waals surface area contributed by atoms with Crippen molar-refractivity contribution >= 4 is 29.7 Å². The van der Waals surface area contributed by atoms with Crippen molar-refractivity contribution in [2.75, 3.05) is 18.5 Å². The number of carboxylic acid groups (broad SMARTS) is 1. The molecule has 0 aliphatic rings. The summed E-state index contributed by atoms with van der Waals surface area (Å²) in [6.45, 7) is 6.43. The van der Waals surface area contributed by atoms with Gasteiger partial charge in [0.2, 0.25) is 11.8 Å². The molecule has 7 heteroatoms. The van der Waals surface area contributed by atoms with E-state index in [1.807, 2.05) is 61.5 Å². The summed E-state index contributed by atoms with van der Waals surface area (Å²) in [6, 6.07) is 19.3. The molecule has 0 saturated heterocycles. The van der Waals surface area contributed by atoms with E-state index in [1.165, 1.54) is 5.56 Å². The van der Waals surface area contributed by atoms with Crippen LogP contribution in [0.4, 0.5) is 5.69 Å². The molecule has 0 bridgehead atoms. The fraction of sp³-hybridized carbons (Fsp3) is 0.343. The molecule has 0 saturated carbocycles. The Hall–Kier alpha value is -4.57. The number of anilines is 1. The van der Waals surface area contributed by atoms with E-state index < -0.39 is 11.4 Å². The smallest absolute Gasteiger partial charge is 0.310 e. The van der Waals surface area contributed by atoms with Crippen molar-refractivity contribution in [1.82, 2.24) is 4.98 Å². The molecule has 220 valence electrons. The van der Waals surface area contributed by atoms with Gasteiger partial charge in [-0.05, 0) is 86.1 Å². The Labute approximate surface area is 249 Å². The molecule has 0 radical (unpaired) electrons. The van der Waals surface area contributed by atoms with Gasteiger partial charge < -0.3 is 19.9 Å². The minimum absolute atomic E-state index is 0.0679. The first-order valence-electron chi connectivity index (χ1n) is 14.4. The molecular formula is C35H40N2O5. The summed E-state index contributed by atoms with van der Waals surface area (Å²) in [6.07, 6.45) is 12.6. The second-order valence-corrected chi connectivity index (χ2v) is 10.3. The number of rotatable bonds is 16. The van der Waals surface area contributed by atoms with Gasteiger partial charge in [0.05, 0.1) is 17.7 Å². The van der Waals surface area contributed by atoms with Crippen molar-refractivity contribution in [1.29, 1.82) is 0 Å². The molecular weight excluding hydrogens is 528 g/mol. The van der Waals surface area contributed by atoms with Crippen LogP contribution in [0.3, 0.4) is 0 Å². The van der Waals surface area contributed by atoms with Gasteiger partial charge in [-0.1, -0.05) is 56.2 Å². The van der Waals surface area contributed by atoms with Crippen LogP contribution in [0.25, 0.3) is 12.2 Å². The summed E-state index contributed by atoms with van der Waals surface area (Å²) in [7, 11) is 0. The predicted octanol–water partition coefficient (Wildman–Crippen LogP) is 7.19. The molecule has 3 rings (SSSR count). The van der Waals surface area contributed by atoms with E-state index in [4.69, 9.17) is 15.9 Å². The molecule has 0 aliphatic carbocycles. The number of unbranched alkanes of at least 4 members (excludes halogenated alkanes) is 1. The number of hydrogen-bond donors (Lipinski definition) is 2. The molecule has 0 aliphatic heterocycles. The second-order valence-electron chi connectivity index (χ2n) is 10.3. The highest BCUT2D eigenvalue weighted by molar-refractivity contribution is 5.94. The number of aliphatic carboxylic acids is 1. The van der Waals surface area contributed by atoms with E-state index in [-0.39, 0.29) is 18.9 Å². The highest BCUT2D eigenvalue weighted by Crippen LogP contribution is 2.31. The summed E-state index contributed by atoms with van der Waals surface area (Å²) >= 11 is 0. The maximum atomic E-state index is 12.6. The van der Waals surface area contributed by atoms with Gasteiger partial charge in [-0.2, -0.15) is 0 Å². The van der Waals surface area contributed by atoms with Gasteiger partial charge in [0.1, 0.15) is 12.4 Å². The van der Waals surface area contributed by atoms with Crippen LogP contribution in [0.15, 0.2) is 60.7 Å². The zero-order chi connectivity index (χ0) is 30.4. The second kappa shape index (κ2) is 16.0. The van der Waals surface area contributed by atoms with Gasteiger partial charge >= 0.3 is 5.97 Å². The number of ether oxygens (including phenoxy) is 2. The topological polar surface area (TPSA) is 97.8 Å². The molecule has 2 aromatic carbocycles. The van der Waals surface area contributed by atoms with Crippen molar-refractivity contribution in [2.45, 2.75) is 59.3 Å². The van der Waals surface area contributed by atoms with E-state index in [0.717, 1.165) is 41.8 Å². The first kappa shape index (κ1) is 32.0. The summed E-state index contributed by atoms with van der Waals surface area (Å²) in [5.74, 6) is 2.56. The fourth-order valence-corrected chi connectivity index (χ4v) is 4.55. The third-order valence-electron chi connectivity index (χ3n) is 7.38. The average molecular weight is 569 g/mol. The summed E-state index contributed by atoms with van der Waals surface area (Å²) < 4.78 is 11.3. The number of pyridine rings is 1. The lowest BCUT2D eigenvalue weighted by atomic mass is 9.79. The lowest BCUT2D eigenvalue weighted by Gasteiger charge is -2.25.